The largest absolute Gasteiger partial charge is 0.463 e. The Bertz CT molecular complexity index is 1080. The lowest BCUT2D eigenvalue weighted by Crippen LogP contribution is -2.40. The first-order valence-corrected chi connectivity index (χ1v) is 17.5. The number of aliphatic hydroxyl groups is 1. The van der Waals surface area contributed by atoms with Crippen LogP contribution in [0.15, 0.2) is 0 Å². The number of ether oxygens (including phenoxy) is 4. The van der Waals surface area contributed by atoms with Gasteiger partial charge in [-0.25, -0.2) is 0 Å². The van der Waals surface area contributed by atoms with Crippen LogP contribution in [0.5, 0.6) is 0 Å². The van der Waals surface area contributed by atoms with Crippen molar-refractivity contribution in [1.29, 1.82) is 0 Å². The number of hydrogen-bond donors (Lipinski definition) is 6. The maximum Gasteiger partial charge on any atom is 0.380 e. The molecule has 0 aromatic carbocycles. The third-order valence-corrected chi connectivity index (χ3v) is 11.3. The molecule has 0 saturated carbocycles. The highest BCUT2D eigenvalue weighted by molar-refractivity contribution is 7.73. The van der Waals surface area contributed by atoms with Crippen LogP contribution >= 0.6 is 15.2 Å². The fourth-order valence-corrected chi connectivity index (χ4v) is 6.45. The van der Waals surface area contributed by atoms with E-state index in [4.69, 9.17) is 45.2 Å². The molecule has 0 bridgehead atoms. The number of nitrogens with two attached hydrogens (primary N) is 3. The van der Waals surface area contributed by atoms with Crippen LogP contribution in [0.2, 0.25) is 0 Å². The summed E-state index contributed by atoms with van der Waals surface area (Å²) in [6, 6.07) is -1.90. The first kappa shape index (κ1) is 44.0. The molecule has 0 aliphatic rings. The van der Waals surface area contributed by atoms with Crippen molar-refractivity contribution in [3.05, 3.63) is 0 Å². The Hall–Kier alpha value is -1.98. The zero-order valence-corrected chi connectivity index (χ0v) is 29.4. The second kappa shape index (κ2) is 18.0. The minimum absolute atomic E-state index is 0.201. The monoisotopic (exact) mass is 707 g/mol. The van der Waals surface area contributed by atoms with Crippen LogP contribution in [0, 0.1) is 22.7 Å². The van der Waals surface area contributed by atoms with E-state index in [0.29, 0.717) is 0 Å². The van der Waals surface area contributed by atoms with E-state index in [1.54, 1.807) is 27.7 Å². The Morgan fingerprint density at radius 2 is 1.07 bits per heavy atom. The number of carbonyl (C=O) groups excluding carboxylic acids is 4. The Morgan fingerprint density at radius 1 is 0.717 bits per heavy atom. The number of esters is 4. The maximum absolute atomic E-state index is 13.8. The molecule has 46 heavy (non-hydrogen) atoms. The zero-order chi connectivity index (χ0) is 36.3. The van der Waals surface area contributed by atoms with Gasteiger partial charge in [0.25, 0.3) is 5.08 Å². The van der Waals surface area contributed by atoms with Crippen LogP contribution in [-0.4, -0.2) is 89.3 Å². The summed E-state index contributed by atoms with van der Waals surface area (Å²) in [4.78, 5) is 69.4. The minimum Gasteiger partial charge on any atom is -0.463 e. The average molecular weight is 708 g/mol. The third-order valence-electron chi connectivity index (χ3n) is 6.68. The molecular weight excluding hydrogens is 656 g/mol. The number of carbonyl (C=O) groups is 4. The highest BCUT2D eigenvalue weighted by Crippen LogP contribution is 2.74. The first-order valence-electron chi connectivity index (χ1n) is 14.4. The second-order valence-electron chi connectivity index (χ2n) is 12.6. The Balaban J connectivity index is 5.77. The third kappa shape index (κ3) is 12.6. The highest BCUT2D eigenvalue weighted by atomic mass is 31.2. The van der Waals surface area contributed by atoms with Gasteiger partial charge in [0, 0.05) is 6.42 Å². The summed E-state index contributed by atoms with van der Waals surface area (Å²) in [6.07, 6.45) is -1.17. The molecule has 18 nitrogen and oxygen atoms in total. The highest BCUT2D eigenvalue weighted by Gasteiger charge is 2.62. The molecule has 0 aromatic rings. The van der Waals surface area contributed by atoms with Gasteiger partial charge in [-0.15, -0.1) is 0 Å². The molecule has 0 aromatic heterocycles. The SMILES string of the molecule is CC(C)[C@H](N)C(=O)OCC(C)(C)C(=O)OCOP(=O)(OCOC(=O)C(C)(C)COC(=O)[C@@H](N)C(C)C)C(O)(CCCN)P(=O)(O)O. The second-order valence-corrected chi connectivity index (χ2v) is 17.0. The van der Waals surface area contributed by atoms with Gasteiger partial charge in [0.15, 0.2) is 0 Å². The van der Waals surface area contributed by atoms with Crippen LogP contribution in [0.25, 0.3) is 0 Å². The summed E-state index contributed by atoms with van der Waals surface area (Å²) in [6.45, 7) is 8.42. The van der Waals surface area contributed by atoms with Gasteiger partial charge in [0.2, 0.25) is 13.6 Å². The van der Waals surface area contributed by atoms with Crippen molar-refractivity contribution >= 4 is 39.1 Å². The molecule has 20 heteroatoms. The lowest BCUT2D eigenvalue weighted by atomic mass is 9.95. The van der Waals surface area contributed by atoms with Crippen molar-refractivity contribution < 1.29 is 71.2 Å². The van der Waals surface area contributed by atoms with Crippen molar-refractivity contribution in [2.24, 2.45) is 39.9 Å². The van der Waals surface area contributed by atoms with Gasteiger partial charge < -0.3 is 51.0 Å². The van der Waals surface area contributed by atoms with Crippen molar-refractivity contribution in [2.75, 3.05) is 33.3 Å². The molecule has 270 valence electrons. The summed E-state index contributed by atoms with van der Waals surface area (Å²) in [5.41, 5.74) is 13.9. The van der Waals surface area contributed by atoms with Gasteiger partial charge in [0.1, 0.15) is 25.3 Å². The predicted molar refractivity (Wildman–Crippen MR) is 162 cm³/mol. The lowest BCUT2D eigenvalue weighted by molar-refractivity contribution is -0.169. The Kier molecular flexibility index (Phi) is 17.2. The van der Waals surface area contributed by atoms with Gasteiger partial charge in [0.05, 0.1) is 10.8 Å². The maximum atomic E-state index is 13.8. The molecule has 0 rings (SSSR count). The van der Waals surface area contributed by atoms with Gasteiger partial charge in [-0.1, -0.05) is 27.7 Å². The van der Waals surface area contributed by atoms with Crippen molar-refractivity contribution in [3.63, 3.8) is 0 Å². The summed E-state index contributed by atoms with van der Waals surface area (Å²) < 4.78 is 56.1. The zero-order valence-electron chi connectivity index (χ0n) is 27.6. The van der Waals surface area contributed by atoms with Gasteiger partial charge >= 0.3 is 39.1 Å². The molecular formula is C26H51N3O15P2. The van der Waals surface area contributed by atoms with Crippen molar-refractivity contribution in [2.45, 2.75) is 85.4 Å². The molecule has 1 unspecified atom stereocenters. The molecule has 0 aliphatic carbocycles. The molecule has 0 aliphatic heterocycles. The fourth-order valence-electron chi connectivity index (χ4n) is 3.07. The van der Waals surface area contributed by atoms with Crippen molar-refractivity contribution in [1.82, 2.24) is 0 Å². The molecule has 0 radical (unpaired) electrons. The van der Waals surface area contributed by atoms with E-state index in [0.717, 1.165) is 0 Å². The van der Waals surface area contributed by atoms with Gasteiger partial charge in [-0.3, -0.25) is 37.4 Å². The van der Waals surface area contributed by atoms with E-state index in [1.807, 2.05) is 0 Å². The van der Waals surface area contributed by atoms with Gasteiger partial charge in [-0.2, -0.15) is 0 Å². The molecule has 0 spiro atoms. The first-order chi connectivity index (χ1) is 20.8. The molecule has 0 heterocycles. The lowest BCUT2D eigenvalue weighted by Gasteiger charge is -2.34. The van der Waals surface area contributed by atoms with Crippen LogP contribution in [-0.2, 0) is 56.3 Å². The van der Waals surface area contributed by atoms with Crippen LogP contribution < -0.4 is 17.2 Å². The Morgan fingerprint density at radius 3 is 1.35 bits per heavy atom. The van der Waals surface area contributed by atoms with E-state index in [1.165, 1.54) is 27.7 Å². The number of rotatable bonds is 21. The Labute approximate surface area is 269 Å². The molecule has 3 atom stereocenters. The predicted octanol–water partition coefficient (Wildman–Crippen LogP) is 0.882. The summed E-state index contributed by atoms with van der Waals surface area (Å²) >= 11 is 0. The van der Waals surface area contributed by atoms with Crippen LogP contribution in [0.4, 0.5) is 0 Å². The normalized spacial score (nSPS) is 15.6. The smallest absolute Gasteiger partial charge is 0.380 e. The van der Waals surface area contributed by atoms with E-state index >= 15 is 0 Å². The van der Waals surface area contributed by atoms with E-state index in [-0.39, 0.29) is 24.8 Å². The fraction of sp³-hybridized carbons (Fsp3) is 0.846. The van der Waals surface area contributed by atoms with Crippen LogP contribution in [0.1, 0.15) is 68.2 Å². The van der Waals surface area contributed by atoms with E-state index < -0.39 is 100 Å². The van der Waals surface area contributed by atoms with E-state index in [2.05, 4.69) is 0 Å². The van der Waals surface area contributed by atoms with Crippen LogP contribution in [0.3, 0.4) is 0 Å². The average Bonchev–Trinajstić information content (AvgIpc) is 2.95. The number of hydrogen-bond acceptors (Lipinski definition) is 16. The van der Waals surface area contributed by atoms with E-state index in [9.17, 15) is 43.2 Å². The quantitative estimate of drug-likeness (QED) is 0.0417. The minimum atomic E-state index is -5.74. The standard InChI is InChI=1S/C26H51N3O15P2/c1-16(2)18(28)20(30)39-12-24(5,6)22(32)41-14-43-46(38,26(34,10-9-11-27)45(35,36)37)44-15-42-23(33)25(7,8)13-40-21(31)19(29)17(3)4/h16-19,34H,9-15,27-29H2,1-8H3,(H2,35,36,37)/t18-,19-,26?/m0/s1. The van der Waals surface area contributed by atoms with Gasteiger partial charge in [-0.05, 0) is 52.5 Å². The summed E-state index contributed by atoms with van der Waals surface area (Å²) in [7, 11) is -11.2. The molecule has 0 amide bonds. The summed E-state index contributed by atoms with van der Waals surface area (Å²) in [5, 5.41) is 7.48. The molecule has 0 fully saturated rings. The molecule has 0 saturated heterocycles. The topological polar surface area (TPSA) is 297 Å². The van der Waals surface area contributed by atoms with Crippen molar-refractivity contribution in [3.8, 4) is 0 Å². The molecule has 9 N–H and O–H groups in total. The summed E-state index contributed by atoms with van der Waals surface area (Å²) in [5.74, 6) is -4.15.